The van der Waals surface area contributed by atoms with E-state index in [-0.39, 0.29) is 5.56 Å². The van der Waals surface area contributed by atoms with Crippen molar-refractivity contribution in [2.24, 2.45) is 4.99 Å². The van der Waals surface area contributed by atoms with Crippen LogP contribution in [0.15, 0.2) is 52.4 Å². The molecule has 2 aromatic rings. The van der Waals surface area contributed by atoms with Gasteiger partial charge in [-0.2, -0.15) is 0 Å². The van der Waals surface area contributed by atoms with Gasteiger partial charge in [0.25, 0.3) is 0 Å². The number of rotatable bonds is 11. The van der Waals surface area contributed by atoms with Gasteiger partial charge in [-0.3, -0.25) is 9.79 Å². The molecule has 0 aliphatic carbocycles. The topological polar surface area (TPSA) is 76.9 Å². The number of aryl methyl sites for hydroxylation is 1. The standard InChI is InChI=1S/C22H32N4O3/c1-4-23-22(24-13-6-8-16-26-15-7-5-9-21(26)27)25-14-12-18-10-11-19(28-2)20(17-18)29-3/h5,7,9-11,15,17H,4,6,8,12-14,16H2,1-3H3,(H2,23,24,25). The minimum absolute atomic E-state index is 0.0427. The SMILES string of the molecule is CCNC(=NCCCCn1ccccc1=O)NCCc1ccc(OC)c(OC)c1. The summed E-state index contributed by atoms with van der Waals surface area (Å²) in [6, 6.07) is 11.2. The molecule has 1 aromatic carbocycles. The Morgan fingerprint density at radius 3 is 2.62 bits per heavy atom. The Hall–Kier alpha value is -2.96. The lowest BCUT2D eigenvalue weighted by molar-refractivity contribution is 0.354. The van der Waals surface area contributed by atoms with Crippen molar-refractivity contribution >= 4 is 5.96 Å². The molecular weight excluding hydrogens is 368 g/mol. The number of hydrogen-bond acceptors (Lipinski definition) is 4. The Kier molecular flexibility index (Phi) is 9.62. The third-order valence-electron chi connectivity index (χ3n) is 4.47. The number of ether oxygens (including phenoxy) is 2. The molecule has 29 heavy (non-hydrogen) atoms. The number of hydrogen-bond donors (Lipinski definition) is 2. The molecule has 158 valence electrons. The fraction of sp³-hybridized carbons (Fsp3) is 0.455. The summed E-state index contributed by atoms with van der Waals surface area (Å²) in [6.45, 7) is 5.06. The zero-order chi connectivity index (χ0) is 20.9. The zero-order valence-corrected chi connectivity index (χ0v) is 17.6. The Balaban J connectivity index is 1.77. The summed E-state index contributed by atoms with van der Waals surface area (Å²) in [7, 11) is 3.28. The van der Waals surface area contributed by atoms with Crippen LogP contribution in [0.4, 0.5) is 0 Å². The van der Waals surface area contributed by atoms with Crippen LogP contribution >= 0.6 is 0 Å². The normalized spacial score (nSPS) is 11.2. The summed E-state index contributed by atoms with van der Waals surface area (Å²) in [4.78, 5) is 16.3. The van der Waals surface area contributed by atoms with Gasteiger partial charge in [0.2, 0.25) is 5.56 Å². The van der Waals surface area contributed by atoms with Gasteiger partial charge in [-0.25, -0.2) is 0 Å². The first kappa shape index (κ1) is 22.3. The first-order valence-corrected chi connectivity index (χ1v) is 10.1. The van der Waals surface area contributed by atoms with E-state index in [1.54, 1.807) is 30.9 Å². The minimum atomic E-state index is 0.0427. The maximum atomic E-state index is 11.7. The average Bonchev–Trinajstić information content (AvgIpc) is 2.74. The van der Waals surface area contributed by atoms with Crippen LogP contribution in [0.25, 0.3) is 0 Å². The van der Waals surface area contributed by atoms with Crippen LogP contribution in [0.2, 0.25) is 0 Å². The maximum absolute atomic E-state index is 11.7. The molecule has 0 amide bonds. The highest BCUT2D eigenvalue weighted by Gasteiger charge is 2.05. The van der Waals surface area contributed by atoms with Gasteiger partial charge in [0.15, 0.2) is 17.5 Å². The molecule has 0 radical (unpaired) electrons. The molecule has 0 atom stereocenters. The van der Waals surface area contributed by atoms with Crippen molar-refractivity contribution in [3.63, 3.8) is 0 Å². The fourth-order valence-electron chi connectivity index (χ4n) is 2.93. The van der Waals surface area contributed by atoms with Crippen LogP contribution in [-0.4, -0.2) is 44.4 Å². The van der Waals surface area contributed by atoms with Gasteiger partial charge in [0.05, 0.1) is 14.2 Å². The number of nitrogens with one attached hydrogen (secondary N) is 2. The first-order valence-electron chi connectivity index (χ1n) is 10.1. The lowest BCUT2D eigenvalue weighted by Crippen LogP contribution is -2.38. The number of pyridine rings is 1. The number of nitrogens with zero attached hydrogens (tertiary/aromatic N) is 2. The van der Waals surface area contributed by atoms with Crippen molar-refractivity contribution in [1.82, 2.24) is 15.2 Å². The van der Waals surface area contributed by atoms with Crippen molar-refractivity contribution in [3.8, 4) is 11.5 Å². The van der Waals surface area contributed by atoms with E-state index in [4.69, 9.17) is 9.47 Å². The van der Waals surface area contributed by atoms with Crippen LogP contribution in [0.1, 0.15) is 25.3 Å². The number of aliphatic imine (C=N–C) groups is 1. The second-order valence-electron chi connectivity index (χ2n) is 6.57. The number of guanidine groups is 1. The van der Waals surface area contributed by atoms with E-state index >= 15 is 0 Å². The Labute approximate surface area is 172 Å². The zero-order valence-electron chi connectivity index (χ0n) is 17.6. The molecule has 1 aromatic heterocycles. The van der Waals surface area contributed by atoms with Gasteiger partial charge in [-0.15, -0.1) is 0 Å². The number of methoxy groups -OCH3 is 2. The van der Waals surface area contributed by atoms with Gasteiger partial charge < -0.3 is 24.7 Å². The molecule has 7 heteroatoms. The molecule has 0 unspecified atom stereocenters. The van der Waals surface area contributed by atoms with Gasteiger partial charge in [0.1, 0.15) is 0 Å². The van der Waals surface area contributed by atoms with Crippen LogP contribution < -0.4 is 25.7 Å². The number of unbranched alkanes of at least 4 members (excludes halogenated alkanes) is 1. The lowest BCUT2D eigenvalue weighted by atomic mass is 10.1. The van der Waals surface area contributed by atoms with Crippen LogP contribution in [0, 0.1) is 0 Å². The highest BCUT2D eigenvalue weighted by atomic mass is 16.5. The van der Waals surface area contributed by atoms with E-state index < -0.39 is 0 Å². The van der Waals surface area contributed by atoms with E-state index in [1.807, 2.05) is 37.4 Å². The fourth-order valence-corrected chi connectivity index (χ4v) is 2.93. The molecule has 0 saturated heterocycles. The summed E-state index contributed by atoms with van der Waals surface area (Å²) in [5.74, 6) is 2.28. The highest BCUT2D eigenvalue weighted by molar-refractivity contribution is 5.79. The predicted molar refractivity (Wildman–Crippen MR) is 117 cm³/mol. The van der Waals surface area contributed by atoms with E-state index in [0.29, 0.717) is 6.54 Å². The molecule has 7 nitrogen and oxygen atoms in total. The number of aromatic nitrogens is 1. The largest absolute Gasteiger partial charge is 0.493 e. The van der Waals surface area contributed by atoms with Crippen molar-refractivity contribution in [2.45, 2.75) is 32.7 Å². The third kappa shape index (κ3) is 7.52. The average molecular weight is 401 g/mol. The first-order chi connectivity index (χ1) is 14.2. The van der Waals surface area contributed by atoms with Gasteiger partial charge in [-0.05, 0) is 49.9 Å². The Morgan fingerprint density at radius 2 is 1.90 bits per heavy atom. The quantitative estimate of drug-likeness (QED) is 0.344. The van der Waals surface area contributed by atoms with Crippen LogP contribution in [-0.2, 0) is 13.0 Å². The van der Waals surface area contributed by atoms with Crippen LogP contribution in [0.3, 0.4) is 0 Å². The van der Waals surface area contributed by atoms with E-state index in [2.05, 4.69) is 15.6 Å². The monoisotopic (exact) mass is 400 g/mol. The molecule has 0 fully saturated rings. The molecule has 0 aliphatic heterocycles. The van der Waals surface area contributed by atoms with Crippen molar-refractivity contribution in [2.75, 3.05) is 33.9 Å². The van der Waals surface area contributed by atoms with Gasteiger partial charge in [0, 0.05) is 38.4 Å². The molecule has 2 N–H and O–H groups in total. The minimum Gasteiger partial charge on any atom is -0.493 e. The second kappa shape index (κ2) is 12.5. The molecular formula is C22H32N4O3. The summed E-state index contributed by atoms with van der Waals surface area (Å²) >= 11 is 0. The van der Waals surface area contributed by atoms with Crippen molar-refractivity contribution < 1.29 is 9.47 Å². The predicted octanol–water partition coefficient (Wildman–Crippen LogP) is 2.44. The molecule has 0 spiro atoms. The smallest absolute Gasteiger partial charge is 0.250 e. The highest BCUT2D eigenvalue weighted by Crippen LogP contribution is 2.27. The summed E-state index contributed by atoms with van der Waals surface area (Å²) < 4.78 is 12.4. The maximum Gasteiger partial charge on any atom is 0.250 e. The van der Waals surface area contributed by atoms with E-state index in [0.717, 1.165) is 56.4 Å². The van der Waals surface area contributed by atoms with Gasteiger partial charge in [-0.1, -0.05) is 12.1 Å². The number of benzene rings is 1. The van der Waals surface area contributed by atoms with E-state index in [1.165, 1.54) is 5.56 Å². The van der Waals surface area contributed by atoms with Gasteiger partial charge >= 0.3 is 0 Å². The Bertz CT molecular complexity index is 833. The summed E-state index contributed by atoms with van der Waals surface area (Å²) in [5, 5.41) is 6.63. The summed E-state index contributed by atoms with van der Waals surface area (Å²) in [5.41, 5.74) is 1.21. The third-order valence-corrected chi connectivity index (χ3v) is 4.47. The molecule has 0 saturated carbocycles. The molecule has 0 aliphatic rings. The lowest BCUT2D eigenvalue weighted by Gasteiger charge is -2.13. The summed E-state index contributed by atoms with van der Waals surface area (Å²) in [6.07, 6.45) is 4.51. The molecule has 2 rings (SSSR count). The van der Waals surface area contributed by atoms with Crippen LogP contribution in [0.5, 0.6) is 11.5 Å². The van der Waals surface area contributed by atoms with Crippen molar-refractivity contribution in [3.05, 3.63) is 58.5 Å². The molecule has 1 heterocycles. The molecule has 0 bridgehead atoms. The van der Waals surface area contributed by atoms with Crippen molar-refractivity contribution in [1.29, 1.82) is 0 Å². The Morgan fingerprint density at radius 1 is 1.07 bits per heavy atom. The second-order valence-corrected chi connectivity index (χ2v) is 6.57. The van der Waals surface area contributed by atoms with E-state index in [9.17, 15) is 4.79 Å².